The molecule has 0 amide bonds. The molecule has 0 radical (unpaired) electrons. The molecule has 0 aromatic rings. The Labute approximate surface area is 73.2 Å². The highest BCUT2D eigenvalue weighted by Crippen LogP contribution is 2.30. The maximum atomic E-state index is 10.6. The zero-order valence-corrected chi connectivity index (χ0v) is 7.55. The third kappa shape index (κ3) is 2.48. The summed E-state index contributed by atoms with van der Waals surface area (Å²) < 4.78 is 0. The number of carboxylic acids is 1. The van der Waals surface area contributed by atoms with Crippen LogP contribution in [0.15, 0.2) is 0 Å². The first-order chi connectivity index (χ1) is 5.74. The van der Waals surface area contributed by atoms with Crippen molar-refractivity contribution in [3.05, 3.63) is 0 Å². The Morgan fingerprint density at radius 3 is 2.83 bits per heavy atom. The van der Waals surface area contributed by atoms with Crippen LogP contribution in [0.3, 0.4) is 0 Å². The van der Waals surface area contributed by atoms with Gasteiger partial charge < -0.3 is 10.4 Å². The van der Waals surface area contributed by atoms with E-state index in [0.717, 1.165) is 32.4 Å². The van der Waals surface area contributed by atoms with Crippen LogP contribution in [-0.2, 0) is 4.79 Å². The molecule has 1 aliphatic carbocycles. The van der Waals surface area contributed by atoms with Crippen molar-refractivity contribution in [3.8, 4) is 0 Å². The third-order valence-electron chi connectivity index (χ3n) is 2.57. The molecule has 1 rings (SSSR count). The van der Waals surface area contributed by atoms with Crippen molar-refractivity contribution >= 4 is 5.97 Å². The quantitative estimate of drug-likeness (QED) is 0.666. The van der Waals surface area contributed by atoms with Gasteiger partial charge in [-0.2, -0.15) is 0 Å². The summed E-state index contributed by atoms with van der Waals surface area (Å²) in [5.74, 6) is -0.103. The molecule has 2 atom stereocenters. The van der Waals surface area contributed by atoms with Gasteiger partial charge in [0.1, 0.15) is 0 Å². The lowest BCUT2D eigenvalue weighted by atomic mass is 10.1. The number of carbonyl (C=O) groups is 1. The van der Waals surface area contributed by atoms with Gasteiger partial charge in [-0.25, -0.2) is 0 Å². The Kier molecular flexibility index (Phi) is 3.53. The minimum Gasteiger partial charge on any atom is -0.481 e. The first-order valence-electron chi connectivity index (χ1n) is 4.67. The molecule has 1 saturated carbocycles. The summed E-state index contributed by atoms with van der Waals surface area (Å²) in [5, 5.41) is 12.0. The van der Waals surface area contributed by atoms with Crippen LogP contribution in [-0.4, -0.2) is 24.2 Å². The van der Waals surface area contributed by atoms with E-state index in [1.54, 1.807) is 0 Å². The summed E-state index contributed by atoms with van der Waals surface area (Å²) >= 11 is 0. The first-order valence-corrected chi connectivity index (χ1v) is 4.67. The Morgan fingerprint density at radius 1 is 1.58 bits per heavy atom. The van der Waals surface area contributed by atoms with E-state index in [9.17, 15) is 4.79 Å². The Bertz CT molecular complexity index is 159. The van der Waals surface area contributed by atoms with Gasteiger partial charge in [-0.1, -0.05) is 6.92 Å². The molecule has 0 bridgehead atoms. The van der Waals surface area contributed by atoms with Gasteiger partial charge in [-0.15, -0.1) is 0 Å². The van der Waals surface area contributed by atoms with Crippen LogP contribution in [0.1, 0.15) is 26.2 Å². The molecule has 1 aliphatic rings. The largest absolute Gasteiger partial charge is 0.481 e. The van der Waals surface area contributed by atoms with E-state index in [4.69, 9.17) is 5.11 Å². The number of nitrogens with one attached hydrogen (secondary N) is 1. The number of rotatable bonds is 4. The van der Waals surface area contributed by atoms with Crippen molar-refractivity contribution in [2.24, 2.45) is 11.8 Å². The van der Waals surface area contributed by atoms with Gasteiger partial charge in [0.2, 0.25) is 0 Å². The van der Waals surface area contributed by atoms with Crippen molar-refractivity contribution in [2.45, 2.75) is 26.2 Å². The molecule has 1 fully saturated rings. The van der Waals surface area contributed by atoms with E-state index in [1.807, 2.05) is 0 Å². The summed E-state index contributed by atoms with van der Waals surface area (Å²) in [6, 6.07) is 0. The van der Waals surface area contributed by atoms with Gasteiger partial charge in [0.15, 0.2) is 0 Å². The molecule has 2 N–H and O–H groups in total. The van der Waals surface area contributed by atoms with Crippen molar-refractivity contribution in [1.29, 1.82) is 0 Å². The van der Waals surface area contributed by atoms with Gasteiger partial charge in [-0.05, 0) is 38.3 Å². The molecule has 3 heteroatoms. The molecule has 12 heavy (non-hydrogen) atoms. The molecular formula is C9H17NO2. The lowest BCUT2D eigenvalue weighted by molar-refractivity contribution is -0.141. The summed E-state index contributed by atoms with van der Waals surface area (Å²) in [6.07, 6.45) is 2.80. The van der Waals surface area contributed by atoms with Crippen LogP contribution in [0.2, 0.25) is 0 Å². The zero-order chi connectivity index (χ0) is 8.97. The summed E-state index contributed by atoms with van der Waals surface area (Å²) in [4.78, 5) is 10.6. The van der Waals surface area contributed by atoms with Gasteiger partial charge in [0.25, 0.3) is 0 Å². The Hall–Kier alpha value is -0.570. The number of aliphatic carboxylic acids is 1. The van der Waals surface area contributed by atoms with E-state index in [-0.39, 0.29) is 5.92 Å². The lowest BCUT2D eigenvalue weighted by Gasteiger charge is -2.08. The van der Waals surface area contributed by atoms with Crippen molar-refractivity contribution in [1.82, 2.24) is 5.32 Å². The first kappa shape index (κ1) is 9.52. The van der Waals surface area contributed by atoms with Crippen LogP contribution in [0.5, 0.6) is 0 Å². The highest BCUT2D eigenvalue weighted by atomic mass is 16.4. The number of carboxylic acid groups (broad SMARTS) is 1. The second-order valence-electron chi connectivity index (χ2n) is 3.52. The van der Waals surface area contributed by atoms with E-state index < -0.39 is 5.97 Å². The second-order valence-corrected chi connectivity index (χ2v) is 3.52. The standard InChI is InChI=1S/C9H17NO2/c1-2-10-6-7-3-4-8(5-7)9(11)12/h7-8,10H,2-6H2,1H3,(H,11,12). The van der Waals surface area contributed by atoms with E-state index in [0.29, 0.717) is 5.92 Å². The average Bonchev–Trinajstić information content (AvgIpc) is 2.48. The SMILES string of the molecule is CCNCC1CCC(C(=O)O)C1. The Morgan fingerprint density at radius 2 is 2.33 bits per heavy atom. The molecule has 0 spiro atoms. The second kappa shape index (κ2) is 4.45. The molecule has 2 unspecified atom stereocenters. The van der Waals surface area contributed by atoms with Gasteiger partial charge in [0.05, 0.1) is 5.92 Å². The van der Waals surface area contributed by atoms with Gasteiger partial charge in [-0.3, -0.25) is 4.79 Å². The van der Waals surface area contributed by atoms with E-state index in [1.165, 1.54) is 0 Å². The van der Waals surface area contributed by atoms with Crippen molar-refractivity contribution < 1.29 is 9.90 Å². The maximum Gasteiger partial charge on any atom is 0.306 e. The van der Waals surface area contributed by atoms with E-state index in [2.05, 4.69) is 12.2 Å². The van der Waals surface area contributed by atoms with Crippen molar-refractivity contribution in [3.63, 3.8) is 0 Å². The monoisotopic (exact) mass is 171 g/mol. The molecule has 0 aromatic carbocycles. The minimum absolute atomic E-state index is 0.0753. The summed E-state index contributed by atoms with van der Waals surface area (Å²) in [5.41, 5.74) is 0. The topological polar surface area (TPSA) is 49.3 Å². The average molecular weight is 171 g/mol. The van der Waals surface area contributed by atoms with Crippen molar-refractivity contribution in [2.75, 3.05) is 13.1 Å². The molecule has 0 aliphatic heterocycles. The number of hydrogen-bond donors (Lipinski definition) is 2. The lowest BCUT2D eigenvalue weighted by Crippen LogP contribution is -2.21. The molecule has 0 heterocycles. The molecule has 70 valence electrons. The highest BCUT2D eigenvalue weighted by molar-refractivity contribution is 5.70. The minimum atomic E-state index is -0.617. The van der Waals surface area contributed by atoms with Crippen LogP contribution in [0, 0.1) is 11.8 Å². The highest BCUT2D eigenvalue weighted by Gasteiger charge is 2.28. The molecular weight excluding hydrogens is 154 g/mol. The van der Waals surface area contributed by atoms with Crippen LogP contribution < -0.4 is 5.32 Å². The number of hydrogen-bond acceptors (Lipinski definition) is 2. The third-order valence-corrected chi connectivity index (χ3v) is 2.57. The fourth-order valence-electron chi connectivity index (χ4n) is 1.83. The summed E-state index contributed by atoms with van der Waals surface area (Å²) in [6.45, 7) is 4.04. The van der Waals surface area contributed by atoms with Gasteiger partial charge >= 0.3 is 5.97 Å². The fourth-order valence-corrected chi connectivity index (χ4v) is 1.83. The van der Waals surface area contributed by atoms with Crippen LogP contribution in [0.4, 0.5) is 0 Å². The zero-order valence-electron chi connectivity index (χ0n) is 7.55. The molecule has 0 aromatic heterocycles. The fraction of sp³-hybridized carbons (Fsp3) is 0.889. The Balaban J connectivity index is 2.21. The van der Waals surface area contributed by atoms with Gasteiger partial charge in [0, 0.05) is 0 Å². The predicted octanol–water partition coefficient (Wildman–Crippen LogP) is 1.10. The smallest absolute Gasteiger partial charge is 0.306 e. The van der Waals surface area contributed by atoms with E-state index >= 15 is 0 Å². The normalized spacial score (nSPS) is 29.1. The molecule has 0 saturated heterocycles. The summed E-state index contributed by atoms with van der Waals surface area (Å²) in [7, 11) is 0. The maximum absolute atomic E-state index is 10.6. The van der Waals surface area contributed by atoms with Crippen LogP contribution in [0.25, 0.3) is 0 Å². The van der Waals surface area contributed by atoms with Crippen LogP contribution >= 0.6 is 0 Å². The molecule has 3 nitrogen and oxygen atoms in total. The predicted molar refractivity (Wildman–Crippen MR) is 47.0 cm³/mol.